The van der Waals surface area contributed by atoms with Crippen molar-refractivity contribution in [2.45, 2.75) is 32.8 Å². The summed E-state index contributed by atoms with van der Waals surface area (Å²) >= 11 is 3.40. The summed E-state index contributed by atoms with van der Waals surface area (Å²) in [5, 5.41) is 3.59. The smallest absolute Gasteiger partial charge is 0.412 e. The van der Waals surface area contributed by atoms with Crippen LogP contribution in [0.3, 0.4) is 0 Å². The van der Waals surface area contributed by atoms with Crippen LogP contribution in [0.1, 0.15) is 26.3 Å². The van der Waals surface area contributed by atoms with Crippen LogP contribution in [0.5, 0.6) is 5.75 Å². The number of methoxy groups -OCH3 is 1. The lowest BCUT2D eigenvalue weighted by molar-refractivity contribution is 0.0636. The van der Waals surface area contributed by atoms with Gasteiger partial charge in [-0.2, -0.15) is 0 Å². The van der Waals surface area contributed by atoms with Crippen LogP contribution in [0.2, 0.25) is 0 Å². The topological polar surface area (TPSA) is 47.6 Å². The summed E-state index contributed by atoms with van der Waals surface area (Å²) in [5.41, 5.74) is 1.23. The fourth-order valence-corrected chi connectivity index (χ4v) is 1.96. The average molecular weight is 330 g/mol. The highest BCUT2D eigenvalue weighted by Gasteiger charge is 2.17. The van der Waals surface area contributed by atoms with Gasteiger partial charge in [0.15, 0.2) is 0 Å². The summed E-state index contributed by atoms with van der Waals surface area (Å²) in [6.45, 7) is 5.49. The molecule has 0 aliphatic heterocycles. The number of carbonyl (C=O) groups excluding carboxylic acids is 1. The number of nitrogens with one attached hydrogen (secondary N) is 1. The van der Waals surface area contributed by atoms with Crippen molar-refractivity contribution in [1.29, 1.82) is 0 Å². The normalized spacial score (nSPS) is 11.0. The maximum absolute atomic E-state index is 11.8. The Labute approximate surface area is 122 Å². The van der Waals surface area contributed by atoms with Crippen molar-refractivity contribution >= 4 is 27.7 Å². The molecule has 0 unspecified atom stereocenters. The molecule has 0 fully saturated rings. The lowest BCUT2D eigenvalue weighted by Gasteiger charge is -2.20. The quantitative estimate of drug-likeness (QED) is 0.850. The van der Waals surface area contributed by atoms with E-state index in [4.69, 9.17) is 9.47 Å². The van der Waals surface area contributed by atoms with E-state index in [1.807, 2.05) is 32.9 Å². The maximum atomic E-state index is 11.8. The van der Waals surface area contributed by atoms with E-state index in [1.54, 1.807) is 13.2 Å². The minimum Gasteiger partial charge on any atom is -0.497 e. The Morgan fingerprint density at radius 1 is 1.37 bits per heavy atom. The molecule has 1 rings (SSSR count). The molecule has 0 aromatic heterocycles. The molecule has 0 bridgehead atoms. The predicted octanol–water partition coefficient (Wildman–Crippen LogP) is 3.98. The summed E-state index contributed by atoms with van der Waals surface area (Å²) in [7, 11) is 1.59. The number of halogens is 1. The van der Waals surface area contributed by atoms with Gasteiger partial charge in [0.25, 0.3) is 0 Å². The number of ether oxygens (including phenoxy) is 2. The van der Waals surface area contributed by atoms with Gasteiger partial charge in [0.1, 0.15) is 11.4 Å². The highest BCUT2D eigenvalue weighted by Crippen LogP contribution is 2.24. The second-order valence-electron chi connectivity index (χ2n) is 5.09. The second-order valence-corrected chi connectivity index (χ2v) is 5.88. The molecule has 0 spiro atoms. The first-order valence-corrected chi connectivity index (χ1v) is 7.21. The van der Waals surface area contributed by atoms with Gasteiger partial charge in [0.05, 0.1) is 12.8 Å². The molecule has 0 heterocycles. The minimum absolute atomic E-state index is 0.462. The van der Waals surface area contributed by atoms with Gasteiger partial charge >= 0.3 is 6.09 Å². The summed E-state index contributed by atoms with van der Waals surface area (Å²) in [4.78, 5) is 11.8. The summed E-state index contributed by atoms with van der Waals surface area (Å²) in [5.74, 6) is 0.699. The average Bonchev–Trinajstić information content (AvgIpc) is 2.29. The Morgan fingerprint density at radius 2 is 2.05 bits per heavy atom. The molecule has 0 radical (unpaired) electrons. The number of rotatable bonds is 4. The molecule has 1 aromatic rings. The predicted molar refractivity (Wildman–Crippen MR) is 80.3 cm³/mol. The first-order chi connectivity index (χ1) is 8.85. The van der Waals surface area contributed by atoms with Gasteiger partial charge in [0, 0.05) is 11.4 Å². The van der Waals surface area contributed by atoms with Crippen molar-refractivity contribution in [3.8, 4) is 5.75 Å². The molecule has 1 N–H and O–H groups in total. The van der Waals surface area contributed by atoms with E-state index >= 15 is 0 Å². The number of hydrogen-bond acceptors (Lipinski definition) is 3. The van der Waals surface area contributed by atoms with Gasteiger partial charge < -0.3 is 9.47 Å². The van der Waals surface area contributed by atoms with E-state index < -0.39 is 11.7 Å². The number of alkyl halides is 1. The van der Waals surface area contributed by atoms with E-state index in [-0.39, 0.29) is 0 Å². The van der Waals surface area contributed by atoms with Gasteiger partial charge in [-0.15, -0.1) is 0 Å². The molecule has 106 valence electrons. The second kappa shape index (κ2) is 6.80. The lowest BCUT2D eigenvalue weighted by atomic mass is 10.1. The standard InChI is InChI=1S/C14H20BrNO3/c1-14(2,3)19-13(17)16-12-9-11(18-4)6-5-10(12)7-8-15/h5-6,9H,7-8H2,1-4H3,(H,16,17). The van der Waals surface area contributed by atoms with E-state index in [0.717, 1.165) is 17.3 Å². The van der Waals surface area contributed by atoms with Crippen LogP contribution in [0.15, 0.2) is 18.2 Å². The first-order valence-electron chi connectivity index (χ1n) is 6.08. The van der Waals surface area contributed by atoms with Crippen LogP contribution in [-0.4, -0.2) is 24.1 Å². The largest absolute Gasteiger partial charge is 0.497 e. The van der Waals surface area contributed by atoms with Crippen LogP contribution < -0.4 is 10.1 Å². The SMILES string of the molecule is COc1ccc(CCBr)c(NC(=O)OC(C)(C)C)c1. The Hall–Kier alpha value is -1.23. The van der Waals surface area contributed by atoms with Crippen LogP contribution >= 0.6 is 15.9 Å². The molecule has 19 heavy (non-hydrogen) atoms. The van der Waals surface area contributed by atoms with E-state index in [9.17, 15) is 4.79 Å². The van der Waals surface area contributed by atoms with Crippen molar-refractivity contribution in [1.82, 2.24) is 0 Å². The number of hydrogen-bond donors (Lipinski definition) is 1. The number of anilines is 1. The third-order valence-corrected chi connectivity index (χ3v) is 2.71. The molecule has 1 amide bonds. The number of aryl methyl sites for hydroxylation is 1. The van der Waals surface area contributed by atoms with Crippen molar-refractivity contribution in [3.05, 3.63) is 23.8 Å². The summed E-state index contributed by atoms with van der Waals surface area (Å²) < 4.78 is 10.4. The van der Waals surface area contributed by atoms with Crippen LogP contribution in [0.4, 0.5) is 10.5 Å². The lowest BCUT2D eigenvalue weighted by Crippen LogP contribution is -2.27. The van der Waals surface area contributed by atoms with Crippen molar-refractivity contribution in [2.24, 2.45) is 0 Å². The van der Waals surface area contributed by atoms with E-state index in [1.165, 1.54) is 0 Å². The zero-order chi connectivity index (χ0) is 14.5. The van der Waals surface area contributed by atoms with Gasteiger partial charge in [0.2, 0.25) is 0 Å². The number of carbonyl (C=O) groups is 1. The molecule has 0 atom stereocenters. The van der Waals surface area contributed by atoms with Gasteiger partial charge in [-0.05, 0) is 38.8 Å². The molecular formula is C14H20BrNO3. The summed E-state index contributed by atoms with van der Waals surface area (Å²) in [6.07, 6.45) is 0.353. The van der Waals surface area contributed by atoms with Crippen molar-refractivity contribution in [3.63, 3.8) is 0 Å². The Bertz CT molecular complexity index is 441. The first kappa shape index (κ1) is 15.8. The zero-order valence-electron chi connectivity index (χ0n) is 11.7. The molecule has 5 heteroatoms. The number of amides is 1. The minimum atomic E-state index is -0.515. The van der Waals surface area contributed by atoms with E-state index in [0.29, 0.717) is 11.4 Å². The van der Waals surface area contributed by atoms with Gasteiger partial charge in [-0.1, -0.05) is 22.0 Å². The summed E-state index contributed by atoms with van der Waals surface area (Å²) in [6, 6.07) is 5.60. The molecule has 0 aliphatic rings. The highest BCUT2D eigenvalue weighted by atomic mass is 79.9. The van der Waals surface area contributed by atoms with Crippen molar-refractivity contribution in [2.75, 3.05) is 17.8 Å². The van der Waals surface area contributed by atoms with Crippen LogP contribution in [0, 0.1) is 0 Å². The number of benzene rings is 1. The Balaban J connectivity index is 2.87. The van der Waals surface area contributed by atoms with Gasteiger partial charge in [-0.25, -0.2) is 4.79 Å². The molecule has 0 saturated carbocycles. The fraction of sp³-hybridized carbons (Fsp3) is 0.500. The van der Waals surface area contributed by atoms with Gasteiger partial charge in [-0.3, -0.25) is 5.32 Å². The maximum Gasteiger partial charge on any atom is 0.412 e. The molecule has 4 nitrogen and oxygen atoms in total. The fourth-order valence-electron chi connectivity index (χ4n) is 1.53. The monoisotopic (exact) mass is 329 g/mol. The van der Waals surface area contributed by atoms with Crippen molar-refractivity contribution < 1.29 is 14.3 Å². The molecule has 1 aromatic carbocycles. The van der Waals surface area contributed by atoms with Crippen LogP contribution in [-0.2, 0) is 11.2 Å². The Kier molecular flexibility index (Phi) is 5.66. The van der Waals surface area contributed by atoms with E-state index in [2.05, 4.69) is 21.2 Å². The molecule has 0 aliphatic carbocycles. The Morgan fingerprint density at radius 3 is 2.58 bits per heavy atom. The third-order valence-electron chi connectivity index (χ3n) is 2.32. The highest BCUT2D eigenvalue weighted by molar-refractivity contribution is 9.09. The third kappa shape index (κ3) is 5.51. The van der Waals surface area contributed by atoms with Crippen LogP contribution in [0.25, 0.3) is 0 Å². The molecular weight excluding hydrogens is 310 g/mol. The zero-order valence-corrected chi connectivity index (χ0v) is 13.3. The molecule has 0 saturated heterocycles.